The van der Waals surface area contributed by atoms with E-state index in [1.165, 1.54) is 19.3 Å². The minimum Gasteiger partial charge on any atom is -0.390 e. The second-order valence-corrected chi connectivity index (χ2v) is 12.7. The molecule has 4 saturated carbocycles. The molecule has 0 bridgehead atoms. The molecule has 1 aromatic rings. The van der Waals surface area contributed by atoms with Crippen molar-refractivity contribution in [1.82, 2.24) is 9.78 Å². The van der Waals surface area contributed by atoms with Crippen LogP contribution < -0.4 is 0 Å². The van der Waals surface area contributed by atoms with Gasteiger partial charge in [0.15, 0.2) is 0 Å². The van der Waals surface area contributed by atoms with Crippen LogP contribution in [-0.4, -0.2) is 26.3 Å². The summed E-state index contributed by atoms with van der Waals surface area (Å²) in [5, 5.41) is 24.7. The summed E-state index contributed by atoms with van der Waals surface area (Å²) < 4.78 is 1.91. The zero-order valence-electron chi connectivity index (χ0n) is 20.8. The number of hydrogen-bond acceptors (Lipinski definition) is 4. The van der Waals surface area contributed by atoms with Crippen molar-refractivity contribution in [2.24, 2.45) is 52.8 Å². The van der Waals surface area contributed by atoms with Crippen molar-refractivity contribution >= 4 is 5.78 Å². The smallest absolute Gasteiger partial charge is 0.137 e. The fraction of sp³-hybridized carbons (Fsp3) is 0.821. The number of nitrogens with zero attached hydrogens (tertiary/aromatic N) is 3. The Morgan fingerprint density at radius 1 is 1.21 bits per heavy atom. The van der Waals surface area contributed by atoms with Gasteiger partial charge in [0, 0.05) is 25.1 Å². The molecule has 0 radical (unpaired) electrons. The van der Waals surface area contributed by atoms with E-state index in [2.05, 4.69) is 38.9 Å². The topological polar surface area (TPSA) is 78.9 Å². The Morgan fingerprint density at radius 3 is 2.70 bits per heavy atom. The number of nitriles is 1. The summed E-state index contributed by atoms with van der Waals surface area (Å²) in [6.07, 6.45) is 11.8. The van der Waals surface area contributed by atoms with E-state index >= 15 is 0 Å². The van der Waals surface area contributed by atoms with Crippen LogP contribution in [0.3, 0.4) is 0 Å². The third-order valence-corrected chi connectivity index (χ3v) is 10.9. The van der Waals surface area contributed by atoms with Crippen LogP contribution in [0.5, 0.6) is 0 Å². The van der Waals surface area contributed by atoms with Gasteiger partial charge in [0.25, 0.3) is 0 Å². The van der Waals surface area contributed by atoms with E-state index in [1.807, 2.05) is 10.9 Å². The van der Waals surface area contributed by atoms with Crippen molar-refractivity contribution in [2.45, 2.75) is 91.2 Å². The molecule has 0 spiro atoms. The largest absolute Gasteiger partial charge is 0.390 e. The van der Waals surface area contributed by atoms with Crippen molar-refractivity contribution in [3.05, 3.63) is 18.0 Å². The number of hydrogen-bond donors (Lipinski definition) is 1. The van der Waals surface area contributed by atoms with Crippen LogP contribution in [0.2, 0.25) is 0 Å². The first-order valence-corrected chi connectivity index (χ1v) is 13.3. The molecular formula is C28H41N3O2. The number of carbonyl (C=O) groups excluding carboxylic acids is 1. The van der Waals surface area contributed by atoms with Crippen molar-refractivity contribution in [2.75, 3.05) is 0 Å². The second-order valence-electron chi connectivity index (χ2n) is 12.7. The van der Waals surface area contributed by atoms with Crippen LogP contribution in [0, 0.1) is 64.1 Å². The molecule has 0 aliphatic heterocycles. The number of carbonyl (C=O) groups is 1. The van der Waals surface area contributed by atoms with E-state index in [0.717, 1.165) is 38.6 Å². The summed E-state index contributed by atoms with van der Waals surface area (Å²) in [5.74, 6) is 4.19. The standard InChI is InChI=1S/C28H41N3O2/c1-17(2)28(33)10-9-21-20(11-28)5-6-22-24-8-7-23(27(24,4)12-25(32)26(21)22)18(3)15-31-16-19(13-29)14-30-31/h14,16-18,20-24,26,33H,5-12,15H2,1-4H3/t18-,20+,21-,22-,23+,24-,26+,27+,28+/m0/s1. The monoisotopic (exact) mass is 451 g/mol. The zero-order chi connectivity index (χ0) is 23.5. The lowest BCUT2D eigenvalue weighted by atomic mass is 9.47. The highest BCUT2D eigenvalue weighted by Gasteiger charge is 2.61. The summed E-state index contributed by atoms with van der Waals surface area (Å²) in [5.41, 5.74) is 0.164. The van der Waals surface area contributed by atoms with Crippen LogP contribution >= 0.6 is 0 Å². The molecule has 4 fully saturated rings. The van der Waals surface area contributed by atoms with E-state index in [1.54, 1.807) is 6.20 Å². The lowest BCUT2D eigenvalue weighted by Gasteiger charge is -2.57. The maximum atomic E-state index is 13.8. The maximum absolute atomic E-state index is 13.8. The molecule has 0 unspecified atom stereocenters. The van der Waals surface area contributed by atoms with E-state index < -0.39 is 5.60 Å². The number of rotatable bonds is 4. The Hall–Kier alpha value is -1.67. The summed E-state index contributed by atoms with van der Waals surface area (Å²) in [6, 6.07) is 2.17. The summed E-state index contributed by atoms with van der Waals surface area (Å²) in [6.45, 7) is 9.83. The molecule has 9 atom stereocenters. The Kier molecular flexibility index (Phi) is 5.75. The first-order valence-electron chi connectivity index (χ1n) is 13.3. The van der Waals surface area contributed by atoms with Gasteiger partial charge in [-0.15, -0.1) is 0 Å². The number of aromatic nitrogens is 2. The van der Waals surface area contributed by atoms with Crippen LogP contribution in [0.15, 0.2) is 12.4 Å². The summed E-state index contributed by atoms with van der Waals surface area (Å²) in [4.78, 5) is 13.8. The third kappa shape index (κ3) is 3.68. The van der Waals surface area contributed by atoms with Crippen molar-refractivity contribution in [3.8, 4) is 6.07 Å². The predicted molar refractivity (Wildman–Crippen MR) is 127 cm³/mol. The van der Waals surface area contributed by atoms with E-state index in [4.69, 9.17) is 5.26 Å². The summed E-state index contributed by atoms with van der Waals surface area (Å²) in [7, 11) is 0. The highest BCUT2D eigenvalue weighted by atomic mass is 16.3. The van der Waals surface area contributed by atoms with E-state index in [-0.39, 0.29) is 17.3 Å². The minimum absolute atomic E-state index is 0.0864. The Morgan fingerprint density at radius 2 is 2.00 bits per heavy atom. The number of Topliss-reactive ketones (excluding diaryl/α,β-unsaturated/α-hetero) is 1. The van der Waals surface area contributed by atoms with Crippen LogP contribution in [0.4, 0.5) is 0 Å². The molecule has 180 valence electrons. The van der Waals surface area contributed by atoms with Gasteiger partial charge in [-0.2, -0.15) is 10.4 Å². The fourth-order valence-corrected chi connectivity index (χ4v) is 9.14. The Balaban J connectivity index is 1.33. The molecule has 4 aliphatic rings. The summed E-state index contributed by atoms with van der Waals surface area (Å²) >= 11 is 0. The molecule has 5 rings (SSSR count). The van der Waals surface area contributed by atoms with Gasteiger partial charge in [-0.25, -0.2) is 0 Å². The first-order chi connectivity index (χ1) is 15.7. The van der Waals surface area contributed by atoms with Crippen molar-refractivity contribution < 1.29 is 9.90 Å². The lowest BCUT2D eigenvalue weighted by molar-refractivity contribution is -0.155. The Labute approximate surface area is 198 Å². The molecule has 0 aromatic carbocycles. The molecule has 1 N–H and O–H groups in total. The van der Waals surface area contributed by atoms with Crippen LogP contribution in [0.25, 0.3) is 0 Å². The molecule has 5 heteroatoms. The maximum Gasteiger partial charge on any atom is 0.137 e. The van der Waals surface area contributed by atoms with Crippen LogP contribution in [-0.2, 0) is 11.3 Å². The van der Waals surface area contributed by atoms with E-state index in [0.29, 0.717) is 46.9 Å². The SMILES string of the molecule is CC(C)[C@@]1(O)CC[C@H]2[C@H](CC[C@@H]3[C@@H]2C(=O)C[C@]2(C)[C@@H]([C@@H](C)Cn4cc(C#N)cn4)CC[C@@H]32)C1. The Bertz CT molecular complexity index is 947. The molecular weight excluding hydrogens is 410 g/mol. The van der Waals surface area contributed by atoms with E-state index in [9.17, 15) is 9.90 Å². The molecule has 0 amide bonds. The molecule has 1 heterocycles. The van der Waals surface area contributed by atoms with Gasteiger partial charge in [0.2, 0.25) is 0 Å². The van der Waals surface area contributed by atoms with Crippen LogP contribution in [0.1, 0.15) is 84.6 Å². The molecule has 1 aromatic heterocycles. The van der Waals surface area contributed by atoms with Gasteiger partial charge >= 0.3 is 0 Å². The number of aliphatic hydroxyl groups is 1. The van der Waals surface area contributed by atoms with Crippen molar-refractivity contribution in [3.63, 3.8) is 0 Å². The minimum atomic E-state index is -0.536. The molecule has 33 heavy (non-hydrogen) atoms. The van der Waals surface area contributed by atoms with Gasteiger partial charge in [-0.05, 0) is 91.8 Å². The molecule has 5 nitrogen and oxygen atoms in total. The van der Waals surface area contributed by atoms with Gasteiger partial charge < -0.3 is 5.11 Å². The third-order valence-electron chi connectivity index (χ3n) is 10.9. The van der Waals surface area contributed by atoms with Gasteiger partial charge in [-0.3, -0.25) is 9.48 Å². The van der Waals surface area contributed by atoms with Crippen molar-refractivity contribution in [1.29, 1.82) is 5.26 Å². The quantitative estimate of drug-likeness (QED) is 0.680. The second kappa shape index (κ2) is 8.22. The predicted octanol–water partition coefficient (Wildman–Crippen LogP) is 5.23. The average Bonchev–Trinajstić information content (AvgIpc) is 3.36. The number of fused-ring (bicyclic) bond motifs is 5. The first kappa shape index (κ1) is 23.1. The van der Waals surface area contributed by atoms with Gasteiger partial charge in [0.05, 0.1) is 17.4 Å². The zero-order valence-corrected chi connectivity index (χ0v) is 20.8. The average molecular weight is 452 g/mol. The van der Waals surface area contributed by atoms with Gasteiger partial charge in [-0.1, -0.05) is 27.7 Å². The van der Waals surface area contributed by atoms with Gasteiger partial charge in [0.1, 0.15) is 11.9 Å². The number of ketones is 1. The normalized spacial score (nSPS) is 43.5. The highest BCUT2D eigenvalue weighted by Crippen LogP contribution is 2.65. The fourth-order valence-electron chi connectivity index (χ4n) is 9.14. The molecule has 4 aliphatic carbocycles. The molecule has 0 saturated heterocycles. The lowest BCUT2D eigenvalue weighted by Crippen LogP contribution is -2.55. The highest BCUT2D eigenvalue weighted by molar-refractivity contribution is 5.83.